The smallest absolute Gasteiger partial charge is 0.328 e. The molecule has 2 atom stereocenters. The van der Waals surface area contributed by atoms with E-state index in [1.807, 2.05) is 4.90 Å². The third-order valence-corrected chi connectivity index (χ3v) is 6.56. The number of rotatable bonds is 3. The second-order valence-electron chi connectivity index (χ2n) is 8.46. The summed E-state index contributed by atoms with van der Waals surface area (Å²) in [7, 11) is 0. The van der Waals surface area contributed by atoms with Crippen LogP contribution in [0.2, 0.25) is 0 Å². The van der Waals surface area contributed by atoms with E-state index in [-0.39, 0.29) is 37.4 Å². The van der Waals surface area contributed by atoms with Gasteiger partial charge in [0.1, 0.15) is 11.9 Å². The lowest BCUT2D eigenvalue weighted by molar-refractivity contribution is -0.154. The van der Waals surface area contributed by atoms with E-state index >= 15 is 0 Å². The Balaban J connectivity index is 1.49. The van der Waals surface area contributed by atoms with Crippen LogP contribution >= 0.6 is 0 Å². The van der Waals surface area contributed by atoms with Crippen molar-refractivity contribution < 1.29 is 19.5 Å². The van der Waals surface area contributed by atoms with Crippen LogP contribution in [0.4, 0.5) is 0 Å². The molecule has 1 saturated heterocycles. The van der Waals surface area contributed by atoms with Crippen molar-refractivity contribution in [3.8, 4) is 0 Å². The molecule has 0 aromatic carbocycles. The summed E-state index contributed by atoms with van der Waals surface area (Å²) in [5.74, 6) is 0.142. The maximum atomic E-state index is 13.2. The number of hydrogen-bond donors (Lipinski definition) is 1. The summed E-state index contributed by atoms with van der Waals surface area (Å²) in [5, 5.41) is 17.7. The van der Waals surface area contributed by atoms with Gasteiger partial charge in [-0.1, -0.05) is 6.92 Å². The van der Waals surface area contributed by atoms with Gasteiger partial charge in [-0.15, -0.1) is 10.2 Å². The number of carbonyl (C=O) groups is 3. The minimum atomic E-state index is -1.05. The molecule has 2 fully saturated rings. The van der Waals surface area contributed by atoms with Crippen molar-refractivity contribution in [2.24, 2.45) is 11.8 Å². The molecule has 1 aromatic rings. The first-order chi connectivity index (χ1) is 13.3. The topological polar surface area (TPSA) is 109 Å². The monoisotopic (exact) mass is 389 g/mol. The second-order valence-corrected chi connectivity index (χ2v) is 8.46. The van der Waals surface area contributed by atoms with Crippen molar-refractivity contribution in [1.82, 2.24) is 24.6 Å². The number of likely N-dealkylation sites (tertiary alicyclic amines) is 1. The van der Waals surface area contributed by atoms with Gasteiger partial charge in [-0.3, -0.25) is 9.59 Å². The van der Waals surface area contributed by atoms with Crippen LogP contribution in [0.15, 0.2) is 0 Å². The molecule has 4 rings (SSSR count). The molecule has 2 amide bonds. The highest BCUT2D eigenvalue weighted by molar-refractivity contribution is 5.91. The van der Waals surface area contributed by atoms with E-state index in [9.17, 15) is 19.5 Å². The fraction of sp³-hybridized carbons (Fsp3) is 0.737. The van der Waals surface area contributed by atoms with Gasteiger partial charge in [0.2, 0.25) is 11.8 Å². The highest BCUT2D eigenvalue weighted by atomic mass is 16.4. The largest absolute Gasteiger partial charge is 0.480 e. The highest BCUT2D eigenvalue weighted by Crippen LogP contribution is 2.32. The lowest BCUT2D eigenvalue weighted by Crippen LogP contribution is -2.53. The summed E-state index contributed by atoms with van der Waals surface area (Å²) in [6.45, 7) is 4.65. The molecule has 0 radical (unpaired) electrons. The number of carboxylic acid groups (broad SMARTS) is 1. The maximum Gasteiger partial charge on any atom is 0.328 e. The molecule has 0 bridgehead atoms. The summed E-state index contributed by atoms with van der Waals surface area (Å²) >= 11 is 0. The molecule has 28 heavy (non-hydrogen) atoms. The molecule has 1 aliphatic carbocycles. The zero-order valence-corrected chi connectivity index (χ0v) is 16.4. The van der Waals surface area contributed by atoms with Crippen molar-refractivity contribution in [1.29, 1.82) is 0 Å². The van der Waals surface area contributed by atoms with Crippen LogP contribution in [0.5, 0.6) is 0 Å². The third kappa shape index (κ3) is 3.27. The Morgan fingerprint density at radius 2 is 1.82 bits per heavy atom. The summed E-state index contributed by atoms with van der Waals surface area (Å²) in [6.07, 6.45) is 4.35. The van der Waals surface area contributed by atoms with Gasteiger partial charge >= 0.3 is 5.97 Å². The van der Waals surface area contributed by atoms with Gasteiger partial charge in [-0.2, -0.15) is 0 Å². The molecule has 9 heteroatoms. The first-order valence-corrected chi connectivity index (χ1v) is 10.1. The molecule has 2 aliphatic heterocycles. The Kier molecular flexibility index (Phi) is 4.84. The molecule has 1 N–H and O–H groups in total. The third-order valence-electron chi connectivity index (χ3n) is 6.56. The van der Waals surface area contributed by atoms with Gasteiger partial charge in [0.05, 0.1) is 19.0 Å². The fourth-order valence-corrected chi connectivity index (χ4v) is 4.79. The maximum absolute atomic E-state index is 13.2. The molecular formula is C19H27N5O4. The SMILES string of the molecule is Cc1nnc2n1CC(C(=O)O)N(C(=O)C1CC(=O)N(C3CCC(C)CC3)C1)C2. The Bertz CT molecular complexity index is 798. The summed E-state index contributed by atoms with van der Waals surface area (Å²) in [6, 6.07) is -0.752. The van der Waals surface area contributed by atoms with Crippen LogP contribution in [0.25, 0.3) is 0 Å². The van der Waals surface area contributed by atoms with Crippen LogP contribution < -0.4 is 0 Å². The number of carbonyl (C=O) groups excluding carboxylic acids is 2. The number of fused-ring (bicyclic) bond motifs is 1. The van der Waals surface area contributed by atoms with E-state index in [1.165, 1.54) is 4.90 Å². The zero-order valence-electron chi connectivity index (χ0n) is 16.4. The number of aromatic nitrogens is 3. The van der Waals surface area contributed by atoms with Gasteiger partial charge in [0, 0.05) is 19.0 Å². The molecular weight excluding hydrogens is 362 g/mol. The number of aryl methyl sites for hydroxylation is 1. The molecule has 1 saturated carbocycles. The standard InChI is InChI=1S/C19H27N5O4/c1-11-3-5-14(6-4-11)23-8-13(7-17(23)25)18(26)24-10-16-21-20-12(2)22(16)9-15(24)19(27)28/h11,13-15H,3-10H2,1-2H3,(H,27,28). The van der Waals surface area contributed by atoms with Gasteiger partial charge < -0.3 is 19.5 Å². The number of amides is 2. The van der Waals surface area contributed by atoms with Crippen molar-refractivity contribution in [3.63, 3.8) is 0 Å². The molecule has 9 nitrogen and oxygen atoms in total. The molecule has 0 spiro atoms. The number of hydrogen-bond acceptors (Lipinski definition) is 5. The van der Waals surface area contributed by atoms with E-state index < -0.39 is 17.9 Å². The number of carboxylic acids is 1. The highest BCUT2D eigenvalue weighted by Gasteiger charge is 2.44. The van der Waals surface area contributed by atoms with E-state index in [0.717, 1.165) is 25.7 Å². The molecule has 1 aromatic heterocycles. The quantitative estimate of drug-likeness (QED) is 0.819. The lowest BCUT2D eigenvalue weighted by Gasteiger charge is -2.36. The normalized spacial score (nSPS) is 30.4. The van der Waals surface area contributed by atoms with Gasteiger partial charge in [-0.25, -0.2) is 4.79 Å². The predicted octanol–water partition coefficient (Wildman–Crippen LogP) is 0.809. The van der Waals surface area contributed by atoms with E-state index in [0.29, 0.717) is 24.1 Å². The second kappa shape index (κ2) is 7.18. The Labute approximate surface area is 163 Å². The van der Waals surface area contributed by atoms with Crippen LogP contribution in [-0.2, 0) is 27.5 Å². The van der Waals surface area contributed by atoms with Crippen LogP contribution in [-0.4, -0.2) is 66.1 Å². The van der Waals surface area contributed by atoms with E-state index in [1.54, 1.807) is 11.5 Å². The van der Waals surface area contributed by atoms with Crippen molar-refractivity contribution in [2.45, 2.75) is 71.1 Å². The lowest BCUT2D eigenvalue weighted by atomic mass is 9.86. The van der Waals surface area contributed by atoms with Crippen molar-refractivity contribution in [2.75, 3.05) is 6.54 Å². The minimum absolute atomic E-state index is 0.0146. The zero-order chi connectivity index (χ0) is 20.0. The minimum Gasteiger partial charge on any atom is -0.480 e. The Morgan fingerprint density at radius 3 is 2.50 bits per heavy atom. The average molecular weight is 389 g/mol. The molecule has 152 valence electrons. The van der Waals surface area contributed by atoms with Crippen LogP contribution in [0.3, 0.4) is 0 Å². The molecule has 3 aliphatic rings. The average Bonchev–Trinajstić information content (AvgIpc) is 3.23. The Morgan fingerprint density at radius 1 is 1.11 bits per heavy atom. The van der Waals surface area contributed by atoms with E-state index in [4.69, 9.17) is 0 Å². The summed E-state index contributed by atoms with van der Waals surface area (Å²) in [4.78, 5) is 40.8. The van der Waals surface area contributed by atoms with Gasteiger partial charge in [0.25, 0.3) is 0 Å². The first kappa shape index (κ1) is 18.9. The number of aliphatic carboxylic acids is 1. The molecule has 3 heterocycles. The van der Waals surface area contributed by atoms with Crippen LogP contribution in [0.1, 0.15) is 50.7 Å². The molecule has 2 unspecified atom stereocenters. The fourth-order valence-electron chi connectivity index (χ4n) is 4.79. The Hall–Kier alpha value is -2.45. The van der Waals surface area contributed by atoms with Crippen molar-refractivity contribution in [3.05, 3.63) is 11.6 Å². The summed E-state index contributed by atoms with van der Waals surface area (Å²) < 4.78 is 1.75. The van der Waals surface area contributed by atoms with Gasteiger partial charge in [0.15, 0.2) is 5.82 Å². The van der Waals surface area contributed by atoms with Crippen molar-refractivity contribution >= 4 is 17.8 Å². The van der Waals surface area contributed by atoms with Gasteiger partial charge in [-0.05, 0) is 38.5 Å². The van der Waals surface area contributed by atoms with Crippen LogP contribution in [0, 0.1) is 18.8 Å². The first-order valence-electron chi connectivity index (χ1n) is 10.1. The summed E-state index contributed by atoms with van der Waals surface area (Å²) in [5.41, 5.74) is 0. The van der Waals surface area contributed by atoms with E-state index in [2.05, 4.69) is 17.1 Å². The predicted molar refractivity (Wildman–Crippen MR) is 98.0 cm³/mol. The number of nitrogens with zero attached hydrogens (tertiary/aromatic N) is 5.